The number of amides is 1. The quantitative estimate of drug-likeness (QED) is 0.549. The maximum absolute atomic E-state index is 12.7. The standard InChI is InChI=1S/C22H25N3O2S2/c1-3-27-18-5-4-6-19-21(18)23-22(29-19)25-13-11-24(12-14-25)20(26)15-16-7-9-17(28-2)10-8-16/h4-10H,3,11-15H2,1-2H3. The summed E-state index contributed by atoms with van der Waals surface area (Å²) in [5.41, 5.74) is 2.01. The molecule has 152 valence electrons. The minimum Gasteiger partial charge on any atom is -0.492 e. The molecular formula is C22H25N3O2S2. The molecule has 29 heavy (non-hydrogen) atoms. The van der Waals surface area contributed by atoms with Crippen LogP contribution in [0.1, 0.15) is 12.5 Å². The summed E-state index contributed by atoms with van der Waals surface area (Å²) in [5, 5.41) is 1.01. The summed E-state index contributed by atoms with van der Waals surface area (Å²) < 4.78 is 6.85. The van der Waals surface area contributed by atoms with Crippen molar-refractivity contribution in [3.63, 3.8) is 0 Å². The van der Waals surface area contributed by atoms with Gasteiger partial charge in [0, 0.05) is 31.1 Å². The fraction of sp³-hybridized carbons (Fsp3) is 0.364. The minimum atomic E-state index is 0.199. The van der Waals surface area contributed by atoms with E-state index in [0.717, 1.165) is 52.8 Å². The zero-order valence-corrected chi connectivity index (χ0v) is 18.4. The molecule has 4 rings (SSSR count). The molecule has 0 aliphatic carbocycles. The monoisotopic (exact) mass is 427 g/mol. The highest BCUT2D eigenvalue weighted by Crippen LogP contribution is 2.34. The van der Waals surface area contributed by atoms with E-state index in [2.05, 4.69) is 41.5 Å². The van der Waals surface area contributed by atoms with Gasteiger partial charge in [-0.25, -0.2) is 4.98 Å². The summed E-state index contributed by atoms with van der Waals surface area (Å²) in [4.78, 5) is 23.0. The Morgan fingerprint density at radius 1 is 1.14 bits per heavy atom. The van der Waals surface area contributed by atoms with E-state index in [4.69, 9.17) is 9.72 Å². The van der Waals surface area contributed by atoms with Gasteiger partial charge < -0.3 is 14.5 Å². The molecule has 1 aliphatic rings. The van der Waals surface area contributed by atoms with Crippen molar-refractivity contribution in [3.8, 4) is 5.75 Å². The third-order valence-electron chi connectivity index (χ3n) is 5.09. The van der Waals surface area contributed by atoms with Crippen molar-refractivity contribution in [2.24, 2.45) is 0 Å². The van der Waals surface area contributed by atoms with Crippen LogP contribution in [-0.2, 0) is 11.2 Å². The van der Waals surface area contributed by atoms with Crippen LogP contribution in [0.25, 0.3) is 10.2 Å². The van der Waals surface area contributed by atoms with E-state index in [1.165, 1.54) is 4.90 Å². The van der Waals surface area contributed by atoms with E-state index in [9.17, 15) is 4.79 Å². The lowest BCUT2D eigenvalue weighted by Crippen LogP contribution is -2.49. The number of thiazole rings is 1. The van der Waals surface area contributed by atoms with E-state index in [1.54, 1.807) is 23.1 Å². The Balaban J connectivity index is 1.38. The summed E-state index contributed by atoms with van der Waals surface area (Å²) in [6.45, 7) is 5.69. The molecule has 0 N–H and O–H groups in total. The number of anilines is 1. The van der Waals surface area contributed by atoms with Crippen LogP contribution in [0.15, 0.2) is 47.4 Å². The second kappa shape index (κ2) is 9.05. The summed E-state index contributed by atoms with van der Waals surface area (Å²) in [5.74, 6) is 1.04. The number of carbonyl (C=O) groups excluding carboxylic acids is 1. The number of rotatable bonds is 6. The zero-order valence-electron chi connectivity index (χ0n) is 16.8. The lowest BCUT2D eigenvalue weighted by atomic mass is 10.1. The lowest BCUT2D eigenvalue weighted by Gasteiger charge is -2.34. The van der Waals surface area contributed by atoms with Crippen molar-refractivity contribution in [1.29, 1.82) is 0 Å². The Morgan fingerprint density at radius 3 is 2.59 bits per heavy atom. The first kappa shape index (κ1) is 20.0. The number of fused-ring (bicyclic) bond motifs is 1. The van der Waals surface area contributed by atoms with Crippen LogP contribution < -0.4 is 9.64 Å². The molecule has 0 saturated carbocycles. The van der Waals surface area contributed by atoms with Crippen molar-refractivity contribution < 1.29 is 9.53 Å². The molecule has 0 atom stereocenters. The third-order valence-corrected chi connectivity index (χ3v) is 6.91. The molecule has 2 aromatic carbocycles. The maximum Gasteiger partial charge on any atom is 0.227 e. The van der Waals surface area contributed by atoms with Crippen LogP contribution in [0, 0.1) is 0 Å². The van der Waals surface area contributed by atoms with Crippen LogP contribution in [0.4, 0.5) is 5.13 Å². The number of benzene rings is 2. The van der Waals surface area contributed by atoms with E-state index in [0.29, 0.717) is 13.0 Å². The molecule has 5 nitrogen and oxygen atoms in total. The van der Waals surface area contributed by atoms with E-state index >= 15 is 0 Å². The number of para-hydroxylation sites is 1. The Bertz CT molecular complexity index is 979. The summed E-state index contributed by atoms with van der Waals surface area (Å²) in [6.07, 6.45) is 2.52. The van der Waals surface area contributed by atoms with Crippen molar-refractivity contribution in [2.45, 2.75) is 18.2 Å². The topological polar surface area (TPSA) is 45.7 Å². The summed E-state index contributed by atoms with van der Waals surface area (Å²) in [7, 11) is 0. The molecule has 3 aromatic rings. The van der Waals surface area contributed by atoms with Gasteiger partial charge in [-0.1, -0.05) is 29.5 Å². The first-order valence-electron chi connectivity index (χ1n) is 9.86. The fourth-order valence-electron chi connectivity index (χ4n) is 3.50. The van der Waals surface area contributed by atoms with Crippen molar-refractivity contribution >= 4 is 44.4 Å². The van der Waals surface area contributed by atoms with E-state index in [-0.39, 0.29) is 5.91 Å². The predicted molar refractivity (Wildman–Crippen MR) is 122 cm³/mol. The third kappa shape index (κ3) is 4.51. The number of carbonyl (C=O) groups is 1. The van der Waals surface area contributed by atoms with Gasteiger partial charge in [0.15, 0.2) is 5.13 Å². The highest BCUT2D eigenvalue weighted by atomic mass is 32.2. The second-order valence-electron chi connectivity index (χ2n) is 6.93. The smallest absolute Gasteiger partial charge is 0.227 e. The second-order valence-corrected chi connectivity index (χ2v) is 8.81. The highest BCUT2D eigenvalue weighted by molar-refractivity contribution is 7.98. The van der Waals surface area contributed by atoms with Gasteiger partial charge in [-0.15, -0.1) is 11.8 Å². The normalized spacial score (nSPS) is 14.4. The molecule has 0 unspecified atom stereocenters. The molecule has 1 aliphatic heterocycles. The molecular weight excluding hydrogens is 402 g/mol. The molecule has 2 heterocycles. The number of hydrogen-bond donors (Lipinski definition) is 0. The Kier molecular flexibility index (Phi) is 6.25. The molecule has 7 heteroatoms. The van der Waals surface area contributed by atoms with Crippen LogP contribution in [-0.4, -0.2) is 54.8 Å². The van der Waals surface area contributed by atoms with E-state index < -0.39 is 0 Å². The summed E-state index contributed by atoms with van der Waals surface area (Å²) >= 11 is 3.40. The Labute approximate surface area is 179 Å². The number of aromatic nitrogens is 1. The van der Waals surface area contributed by atoms with Crippen molar-refractivity contribution in [1.82, 2.24) is 9.88 Å². The van der Waals surface area contributed by atoms with Crippen LogP contribution in [0.2, 0.25) is 0 Å². The zero-order chi connectivity index (χ0) is 20.2. The largest absolute Gasteiger partial charge is 0.492 e. The molecule has 0 spiro atoms. The molecule has 0 radical (unpaired) electrons. The summed E-state index contributed by atoms with van der Waals surface area (Å²) in [6, 6.07) is 14.3. The number of ether oxygens (including phenoxy) is 1. The van der Waals surface area contributed by atoms with Gasteiger partial charge in [-0.05, 0) is 43.0 Å². The van der Waals surface area contributed by atoms with Gasteiger partial charge >= 0.3 is 0 Å². The predicted octanol–water partition coefficient (Wildman–Crippen LogP) is 4.31. The number of nitrogens with zero attached hydrogens (tertiary/aromatic N) is 3. The SMILES string of the molecule is CCOc1cccc2sc(N3CCN(C(=O)Cc4ccc(SC)cc4)CC3)nc12. The fourth-order valence-corrected chi connectivity index (χ4v) is 4.94. The average molecular weight is 428 g/mol. The van der Waals surface area contributed by atoms with E-state index in [1.807, 2.05) is 24.0 Å². The van der Waals surface area contributed by atoms with Gasteiger partial charge in [0.1, 0.15) is 11.3 Å². The van der Waals surface area contributed by atoms with Gasteiger partial charge in [0.2, 0.25) is 5.91 Å². The van der Waals surface area contributed by atoms with Gasteiger partial charge in [0.25, 0.3) is 0 Å². The van der Waals surface area contributed by atoms with Gasteiger partial charge in [-0.2, -0.15) is 0 Å². The molecule has 0 bridgehead atoms. The molecule has 1 amide bonds. The number of hydrogen-bond acceptors (Lipinski definition) is 6. The van der Waals surface area contributed by atoms with Crippen LogP contribution in [0.5, 0.6) is 5.75 Å². The van der Waals surface area contributed by atoms with Crippen molar-refractivity contribution in [2.75, 3.05) is 43.9 Å². The van der Waals surface area contributed by atoms with Crippen LogP contribution >= 0.6 is 23.1 Å². The van der Waals surface area contributed by atoms with Crippen LogP contribution in [0.3, 0.4) is 0 Å². The molecule has 1 saturated heterocycles. The number of piperazine rings is 1. The number of thioether (sulfide) groups is 1. The Morgan fingerprint density at radius 2 is 1.90 bits per heavy atom. The molecule has 1 aromatic heterocycles. The lowest BCUT2D eigenvalue weighted by molar-refractivity contribution is -0.130. The van der Waals surface area contributed by atoms with Gasteiger partial charge in [-0.3, -0.25) is 4.79 Å². The maximum atomic E-state index is 12.7. The minimum absolute atomic E-state index is 0.199. The Hall–Kier alpha value is -2.25. The van der Waals surface area contributed by atoms with Gasteiger partial charge in [0.05, 0.1) is 17.7 Å². The highest BCUT2D eigenvalue weighted by Gasteiger charge is 2.23. The average Bonchev–Trinajstić information content (AvgIpc) is 3.20. The first-order chi connectivity index (χ1) is 14.2. The first-order valence-corrected chi connectivity index (χ1v) is 11.9. The van der Waals surface area contributed by atoms with Crippen molar-refractivity contribution in [3.05, 3.63) is 48.0 Å². The molecule has 1 fully saturated rings.